The molecule has 1 N–H and O–H groups in total. The third-order valence-electron chi connectivity index (χ3n) is 3.69. The maximum Gasteiger partial charge on any atom is 0.157 e. The van der Waals surface area contributed by atoms with E-state index >= 15 is 0 Å². The van der Waals surface area contributed by atoms with E-state index < -0.39 is 0 Å². The summed E-state index contributed by atoms with van der Waals surface area (Å²) in [4.78, 5) is 4.63. The van der Waals surface area contributed by atoms with Gasteiger partial charge in [-0.3, -0.25) is 4.99 Å². The van der Waals surface area contributed by atoms with Crippen LogP contribution in [0.5, 0.6) is 0 Å². The van der Waals surface area contributed by atoms with E-state index in [-0.39, 0.29) is 0 Å². The SMILES string of the molecule is CC1(NC2=NCC(c3ccccc3)S2)CCC1. The molecule has 0 spiro atoms. The number of nitrogens with zero attached hydrogens (tertiary/aromatic N) is 1. The Kier molecular flexibility index (Phi) is 2.87. The van der Waals surface area contributed by atoms with E-state index in [1.165, 1.54) is 24.8 Å². The molecule has 0 amide bonds. The zero-order valence-electron chi connectivity index (χ0n) is 10.1. The molecule has 0 aromatic heterocycles. The molecule has 1 heterocycles. The maximum absolute atomic E-state index is 4.63. The number of hydrogen-bond donors (Lipinski definition) is 1. The average Bonchev–Trinajstić information content (AvgIpc) is 2.77. The molecular weight excluding hydrogens is 228 g/mol. The van der Waals surface area contributed by atoms with Gasteiger partial charge in [-0.25, -0.2) is 0 Å². The molecule has 0 bridgehead atoms. The van der Waals surface area contributed by atoms with Crippen molar-refractivity contribution in [2.24, 2.45) is 4.99 Å². The molecule has 1 aromatic rings. The second-order valence-corrected chi connectivity index (χ2v) is 6.39. The molecule has 1 aliphatic heterocycles. The molecule has 1 aliphatic carbocycles. The lowest BCUT2D eigenvalue weighted by Gasteiger charge is -2.39. The van der Waals surface area contributed by atoms with Gasteiger partial charge in [0.05, 0.1) is 11.8 Å². The highest BCUT2D eigenvalue weighted by Gasteiger charge is 2.34. The molecule has 1 unspecified atom stereocenters. The molecule has 2 nitrogen and oxygen atoms in total. The summed E-state index contributed by atoms with van der Waals surface area (Å²) in [5.74, 6) is 0. The molecule has 1 fully saturated rings. The van der Waals surface area contributed by atoms with Crippen LogP contribution in [0.4, 0.5) is 0 Å². The van der Waals surface area contributed by atoms with E-state index in [4.69, 9.17) is 0 Å². The summed E-state index contributed by atoms with van der Waals surface area (Å²) in [5, 5.41) is 5.25. The van der Waals surface area contributed by atoms with Crippen LogP contribution in [0, 0.1) is 0 Å². The molecule has 0 saturated heterocycles. The van der Waals surface area contributed by atoms with Crippen molar-refractivity contribution in [1.82, 2.24) is 5.32 Å². The van der Waals surface area contributed by atoms with Crippen LogP contribution in [0.1, 0.15) is 37.0 Å². The maximum atomic E-state index is 4.63. The number of nitrogens with one attached hydrogen (secondary N) is 1. The fourth-order valence-electron chi connectivity index (χ4n) is 2.38. The first-order valence-corrected chi connectivity index (χ1v) is 7.17. The van der Waals surface area contributed by atoms with Gasteiger partial charge in [0.15, 0.2) is 5.17 Å². The monoisotopic (exact) mass is 246 g/mol. The number of amidine groups is 1. The molecule has 1 saturated carbocycles. The Labute approximate surface area is 107 Å². The predicted octanol–water partition coefficient (Wildman–Crippen LogP) is 3.36. The van der Waals surface area contributed by atoms with Gasteiger partial charge in [-0.2, -0.15) is 0 Å². The molecule has 17 heavy (non-hydrogen) atoms. The molecule has 2 aliphatic rings. The van der Waals surface area contributed by atoms with Crippen LogP contribution in [0.25, 0.3) is 0 Å². The highest BCUT2D eigenvalue weighted by molar-refractivity contribution is 8.14. The Morgan fingerprint density at radius 2 is 2.06 bits per heavy atom. The molecule has 0 radical (unpaired) electrons. The molecular formula is C14H18N2S. The van der Waals surface area contributed by atoms with Crippen molar-refractivity contribution in [3.63, 3.8) is 0 Å². The topological polar surface area (TPSA) is 24.4 Å². The van der Waals surface area contributed by atoms with Gasteiger partial charge < -0.3 is 5.32 Å². The van der Waals surface area contributed by atoms with Crippen LogP contribution in [0.3, 0.4) is 0 Å². The number of rotatable bonds is 2. The number of thioether (sulfide) groups is 1. The normalized spacial score (nSPS) is 26.2. The van der Waals surface area contributed by atoms with Gasteiger partial charge in [0.25, 0.3) is 0 Å². The summed E-state index contributed by atoms with van der Waals surface area (Å²) in [6, 6.07) is 10.7. The highest BCUT2D eigenvalue weighted by atomic mass is 32.2. The summed E-state index contributed by atoms with van der Waals surface area (Å²) >= 11 is 1.88. The molecule has 1 aromatic carbocycles. The second-order valence-electron chi connectivity index (χ2n) is 5.20. The summed E-state index contributed by atoms with van der Waals surface area (Å²) in [6.45, 7) is 3.21. The van der Waals surface area contributed by atoms with E-state index in [1.807, 2.05) is 11.8 Å². The molecule has 1 atom stereocenters. The van der Waals surface area contributed by atoms with Crippen molar-refractivity contribution in [3.8, 4) is 0 Å². The van der Waals surface area contributed by atoms with Crippen LogP contribution >= 0.6 is 11.8 Å². The van der Waals surface area contributed by atoms with Gasteiger partial charge in [0.1, 0.15) is 0 Å². The minimum Gasteiger partial charge on any atom is -0.360 e. The van der Waals surface area contributed by atoms with Crippen LogP contribution in [-0.4, -0.2) is 17.3 Å². The summed E-state index contributed by atoms with van der Waals surface area (Å²) in [5.41, 5.74) is 1.70. The summed E-state index contributed by atoms with van der Waals surface area (Å²) in [7, 11) is 0. The quantitative estimate of drug-likeness (QED) is 0.865. The number of benzene rings is 1. The Morgan fingerprint density at radius 1 is 1.29 bits per heavy atom. The Balaban J connectivity index is 1.61. The Bertz CT molecular complexity index is 423. The van der Waals surface area contributed by atoms with Crippen molar-refractivity contribution in [2.75, 3.05) is 6.54 Å². The second kappa shape index (κ2) is 4.37. The number of aliphatic imine (C=N–C) groups is 1. The number of hydrogen-bond acceptors (Lipinski definition) is 3. The van der Waals surface area contributed by atoms with Gasteiger partial charge >= 0.3 is 0 Å². The third-order valence-corrected chi connectivity index (χ3v) is 4.85. The summed E-state index contributed by atoms with van der Waals surface area (Å²) in [6.07, 6.45) is 3.91. The highest BCUT2D eigenvalue weighted by Crippen LogP contribution is 2.37. The van der Waals surface area contributed by atoms with Gasteiger partial charge in [0.2, 0.25) is 0 Å². The molecule has 3 rings (SSSR count). The smallest absolute Gasteiger partial charge is 0.157 e. The van der Waals surface area contributed by atoms with Crippen molar-refractivity contribution >= 4 is 16.9 Å². The van der Waals surface area contributed by atoms with Gasteiger partial charge in [-0.05, 0) is 31.7 Å². The van der Waals surface area contributed by atoms with E-state index in [0.29, 0.717) is 10.8 Å². The lowest BCUT2D eigenvalue weighted by molar-refractivity contribution is 0.245. The standard InChI is InChI=1S/C14H18N2S/c1-14(8-5-9-14)16-13-15-10-12(17-13)11-6-3-2-4-7-11/h2-4,6-7,12H,5,8-10H2,1H3,(H,15,16). The minimum atomic E-state index is 0.317. The first-order chi connectivity index (χ1) is 8.25. The van der Waals surface area contributed by atoms with Gasteiger partial charge in [0, 0.05) is 5.54 Å². The first kappa shape index (κ1) is 11.1. The van der Waals surface area contributed by atoms with E-state index in [1.54, 1.807) is 0 Å². The third kappa shape index (κ3) is 2.34. The van der Waals surface area contributed by atoms with E-state index in [2.05, 4.69) is 47.6 Å². The van der Waals surface area contributed by atoms with Crippen molar-refractivity contribution in [3.05, 3.63) is 35.9 Å². The lowest BCUT2D eigenvalue weighted by atomic mass is 9.79. The summed E-state index contributed by atoms with van der Waals surface area (Å²) < 4.78 is 0. The van der Waals surface area contributed by atoms with Crippen molar-refractivity contribution < 1.29 is 0 Å². The first-order valence-electron chi connectivity index (χ1n) is 6.29. The van der Waals surface area contributed by atoms with E-state index in [9.17, 15) is 0 Å². The zero-order valence-corrected chi connectivity index (χ0v) is 11.0. The average molecular weight is 246 g/mol. The van der Waals surface area contributed by atoms with Crippen LogP contribution in [0.2, 0.25) is 0 Å². The molecule has 3 heteroatoms. The van der Waals surface area contributed by atoms with Crippen LogP contribution < -0.4 is 5.32 Å². The van der Waals surface area contributed by atoms with Crippen LogP contribution in [-0.2, 0) is 0 Å². The minimum absolute atomic E-state index is 0.317. The largest absolute Gasteiger partial charge is 0.360 e. The Morgan fingerprint density at radius 3 is 2.71 bits per heavy atom. The zero-order chi connectivity index (χ0) is 11.7. The molecule has 90 valence electrons. The van der Waals surface area contributed by atoms with Crippen molar-refractivity contribution in [1.29, 1.82) is 0 Å². The fourth-order valence-corrected chi connectivity index (χ4v) is 3.54. The predicted molar refractivity (Wildman–Crippen MR) is 74.5 cm³/mol. The van der Waals surface area contributed by atoms with Gasteiger partial charge in [-0.1, -0.05) is 42.1 Å². The fraction of sp³-hybridized carbons (Fsp3) is 0.500. The lowest BCUT2D eigenvalue weighted by Crippen LogP contribution is -2.49. The van der Waals surface area contributed by atoms with Crippen molar-refractivity contribution in [2.45, 2.75) is 37.0 Å². The Hall–Kier alpha value is -0.960. The van der Waals surface area contributed by atoms with Crippen LogP contribution in [0.15, 0.2) is 35.3 Å². The van der Waals surface area contributed by atoms with Gasteiger partial charge in [-0.15, -0.1) is 0 Å². The van der Waals surface area contributed by atoms with E-state index in [0.717, 1.165) is 11.7 Å².